The molecule has 0 bridgehead atoms. The molecule has 1 aromatic carbocycles. The molecule has 0 saturated heterocycles. The maximum absolute atomic E-state index is 12.6. The van der Waals surface area contributed by atoms with Crippen molar-refractivity contribution in [1.82, 2.24) is 0 Å². The molecule has 0 fully saturated rings. The van der Waals surface area contributed by atoms with Crippen LogP contribution in [0.3, 0.4) is 0 Å². The van der Waals surface area contributed by atoms with Crippen LogP contribution in [0, 0.1) is 0 Å². The first-order valence-electron chi connectivity index (χ1n) is 6.17. The number of Topliss-reactive ketones (excluding diaryl/α,β-unsaturated/α-hetero) is 1. The number of hydrogen-bond acceptors (Lipinski definition) is 4. The van der Waals surface area contributed by atoms with Crippen molar-refractivity contribution < 1.29 is 22.4 Å². The van der Waals surface area contributed by atoms with E-state index in [0.29, 0.717) is 5.56 Å². The second kappa shape index (κ2) is 5.32. The first-order valence-corrected chi connectivity index (χ1v) is 7.82. The van der Waals surface area contributed by atoms with E-state index in [-0.39, 0.29) is 29.3 Å². The summed E-state index contributed by atoms with van der Waals surface area (Å²) in [6.45, 7) is 0.686. The van der Waals surface area contributed by atoms with E-state index in [4.69, 9.17) is 0 Å². The lowest BCUT2D eigenvalue weighted by Gasteiger charge is -2.28. The van der Waals surface area contributed by atoms with E-state index in [0.717, 1.165) is 4.90 Å². The van der Waals surface area contributed by atoms with Gasteiger partial charge in [0.1, 0.15) is 12.4 Å². The van der Waals surface area contributed by atoms with Crippen LogP contribution in [0.5, 0.6) is 0 Å². The third-order valence-corrected chi connectivity index (χ3v) is 4.79. The summed E-state index contributed by atoms with van der Waals surface area (Å²) >= 11 is 0. The average Bonchev–Trinajstić information content (AvgIpc) is 2.41. The van der Waals surface area contributed by atoms with E-state index >= 15 is 0 Å². The molecule has 0 radical (unpaired) electrons. The number of ketones is 1. The molecule has 0 N–H and O–H groups in total. The first-order chi connectivity index (χ1) is 9.40. The molecule has 5 nitrogen and oxygen atoms in total. The summed E-state index contributed by atoms with van der Waals surface area (Å²) in [7, 11) is -3.72. The van der Waals surface area contributed by atoms with Crippen molar-refractivity contribution in [2.45, 2.75) is 18.2 Å². The fourth-order valence-electron chi connectivity index (χ4n) is 2.15. The highest BCUT2D eigenvalue weighted by atomic mass is 32.2. The van der Waals surface area contributed by atoms with E-state index < -0.39 is 28.2 Å². The summed E-state index contributed by atoms with van der Waals surface area (Å²) in [5, 5.41) is 0. The lowest BCUT2D eigenvalue weighted by molar-refractivity contribution is -0.116. The number of sulfone groups is 1. The van der Waals surface area contributed by atoms with Gasteiger partial charge in [-0.25, -0.2) is 12.8 Å². The predicted molar refractivity (Wildman–Crippen MR) is 71.4 cm³/mol. The normalized spacial score (nSPS) is 16.9. The molecule has 108 valence electrons. The molecule has 20 heavy (non-hydrogen) atoms. The summed E-state index contributed by atoms with van der Waals surface area (Å²) in [4.78, 5) is 24.5. The van der Waals surface area contributed by atoms with Gasteiger partial charge in [-0.2, -0.15) is 0 Å². The van der Waals surface area contributed by atoms with Crippen LogP contribution in [-0.4, -0.2) is 39.1 Å². The van der Waals surface area contributed by atoms with E-state index in [1.54, 1.807) is 6.92 Å². The monoisotopic (exact) mass is 299 g/mol. The largest absolute Gasteiger partial charge is 0.308 e. The van der Waals surface area contributed by atoms with Gasteiger partial charge in [-0.3, -0.25) is 9.59 Å². The number of hydrogen-bond donors (Lipinski definition) is 0. The molecule has 1 amide bonds. The maximum Gasteiger partial charge on any atom is 0.242 e. The Morgan fingerprint density at radius 3 is 2.70 bits per heavy atom. The Bertz CT molecular complexity index is 669. The Kier molecular flexibility index (Phi) is 3.89. The Hall–Kier alpha value is -1.76. The van der Waals surface area contributed by atoms with Crippen LogP contribution in [0.15, 0.2) is 23.1 Å². The van der Waals surface area contributed by atoms with Crippen molar-refractivity contribution in [1.29, 1.82) is 0 Å². The minimum absolute atomic E-state index is 0.0294. The second-order valence-electron chi connectivity index (χ2n) is 4.45. The van der Waals surface area contributed by atoms with Gasteiger partial charge in [0.05, 0.1) is 17.1 Å². The summed E-state index contributed by atoms with van der Waals surface area (Å²) < 4.78 is 36.5. The van der Waals surface area contributed by atoms with E-state index in [1.165, 1.54) is 18.2 Å². The van der Waals surface area contributed by atoms with Crippen LogP contribution in [0.2, 0.25) is 0 Å². The molecule has 1 aliphatic rings. The van der Waals surface area contributed by atoms with E-state index in [2.05, 4.69) is 0 Å². The Morgan fingerprint density at radius 1 is 1.40 bits per heavy atom. The summed E-state index contributed by atoms with van der Waals surface area (Å²) in [6.07, 6.45) is 0.266. The highest BCUT2D eigenvalue weighted by Crippen LogP contribution is 2.32. The molecule has 0 saturated carbocycles. The van der Waals surface area contributed by atoms with E-state index in [1.807, 2.05) is 0 Å². The zero-order valence-electron chi connectivity index (χ0n) is 10.9. The minimum atomic E-state index is -3.72. The van der Waals surface area contributed by atoms with Crippen LogP contribution in [-0.2, 0) is 14.6 Å². The molecule has 2 rings (SSSR count). The predicted octanol–water partition coefficient (Wildman–Crippen LogP) is 1.37. The smallest absolute Gasteiger partial charge is 0.242 e. The number of amides is 1. The molecule has 0 atom stereocenters. The number of alkyl halides is 1. The molecule has 1 heterocycles. The average molecular weight is 299 g/mol. The Balaban J connectivity index is 2.62. The number of carbonyl (C=O) groups excluding carboxylic acids is 2. The van der Waals surface area contributed by atoms with Crippen molar-refractivity contribution in [3.63, 3.8) is 0 Å². The Labute approximate surface area is 116 Å². The Morgan fingerprint density at radius 2 is 2.10 bits per heavy atom. The van der Waals surface area contributed by atoms with Crippen LogP contribution in [0.1, 0.15) is 23.7 Å². The number of halogens is 1. The van der Waals surface area contributed by atoms with Crippen molar-refractivity contribution in [2.24, 2.45) is 0 Å². The highest BCUT2D eigenvalue weighted by Gasteiger charge is 2.34. The van der Waals surface area contributed by atoms with Crippen LogP contribution in [0.4, 0.5) is 10.1 Å². The second-order valence-corrected chi connectivity index (χ2v) is 6.41. The zero-order valence-corrected chi connectivity index (χ0v) is 11.7. The number of carbonyl (C=O) groups is 2. The van der Waals surface area contributed by atoms with Crippen LogP contribution >= 0.6 is 0 Å². The highest BCUT2D eigenvalue weighted by molar-refractivity contribution is 7.92. The van der Waals surface area contributed by atoms with Gasteiger partial charge in [-0.1, -0.05) is 6.92 Å². The number of anilines is 1. The van der Waals surface area contributed by atoms with Gasteiger partial charge >= 0.3 is 0 Å². The number of fused-ring (bicyclic) bond motifs is 1. The molecule has 0 unspecified atom stereocenters. The maximum atomic E-state index is 12.6. The first kappa shape index (κ1) is 14.6. The SMILES string of the molecule is CCC(=O)c1ccc2c(c1)N(CCF)C(=O)CS2(=O)=O. The molecule has 1 aliphatic heterocycles. The molecular formula is C13H14FNO4S. The van der Waals surface area contributed by atoms with Crippen LogP contribution in [0.25, 0.3) is 0 Å². The summed E-state index contributed by atoms with van der Waals surface area (Å²) in [5.41, 5.74) is 0.415. The molecular weight excluding hydrogens is 285 g/mol. The third-order valence-electron chi connectivity index (χ3n) is 3.15. The fraction of sp³-hybridized carbons (Fsp3) is 0.385. The fourth-order valence-corrected chi connectivity index (χ4v) is 3.55. The topological polar surface area (TPSA) is 71.5 Å². The molecule has 0 aromatic heterocycles. The zero-order chi connectivity index (χ0) is 14.9. The van der Waals surface area contributed by atoms with E-state index in [9.17, 15) is 22.4 Å². The molecule has 0 aliphatic carbocycles. The van der Waals surface area contributed by atoms with Gasteiger partial charge in [0.25, 0.3) is 0 Å². The standard InChI is InChI=1S/C13H14FNO4S/c1-2-11(16)9-3-4-12-10(7-9)15(6-5-14)13(17)8-20(12,18)19/h3-4,7H,2,5-6,8H2,1H3. The van der Waals surface area contributed by atoms with Gasteiger partial charge in [-0.05, 0) is 18.2 Å². The lowest BCUT2D eigenvalue weighted by atomic mass is 10.1. The minimum Gasteiger partial charge on any atom is -0.308 e. The van der Waals surface area contributed by atoms with Crippen molar-refractivity contribution in [3.05, 3.63) is 23.8 Å². The van der Waals surface area contributed by atoms with Crippen molar-refractivity contribution >= 4 is 27.2 Å². The van der Waals surface area contributed by atoms with Gasteiger partial charge in [0.15, 0.2) is 15.6 Å². The van der Waals surface area contributed by atoms with Gasteiger partial charge < -0.3 is 4.90 Å². The van der Waals surface area contributed by atoms with Crippen molar-refractivity contribution in [2.75, 3.05) is 23.9 Å². The summed E-state index contributed by atoms with van der Waals surface area (Å²) in [5.74, 6) is -1.50. The van der Waals surface area contributed by atoms with Gasteiger partial charge in [-0.15, -0.1) is 0 Å². The molecule has 0 spiro atoms. The van der Waals surface area contributed by atoms with Crippen molar-refractivity contribution in [3.8, 4) is 0 Å². The number of rotatable bonds is 4. The van der Waals surface area contributed by atoms with Gasteiger partial charge in [0.2, 0.25) is 5.91 Å². The number of benzene rings is 1. The molecule has 1 aromatic rings. The molecule has 7 heteroatoms. The quantitative estimate of drug-likeness (QED) is 0.787. The van der Waals surface area contributed by atoms with Gasteiger partial charge in [0, 0.05) is 12.0 Å². The van der Waals surface area contributed by atoms with Crippen LogP contribution < -0.4 is 4.90 Å². The third kappa shape index (κ3) is 2.45. The summed E-state index contributed by atoms with van der Waals surface area (Å²) in [6, 6.07) is 4.09. The number of nitrogens with zero attached hydrogens (tertiary/aromatic N) is 1. The lowest BCUT2D eigenvalue weighted by Crippen LogP contribution is -2.42.